The van der Waals surface area contributed by atoms with Crippen molar-refractivity contribution in [2.24, 2.45) is 0 Å². The number of nitrogens with one attached hydrogen (secondary N) is 1. The highest BCUT2D eigenvalue weighted by molar-refractivity contribution is 5.83. The number of piperidine rings is 1. The fourth-order valence-electron chi connectivity index (χ4n) is 2.06. The Hall–Kier alpha value is -2.86. The van der Waals surface area contributed by atoms with Crippen LogP contribution in [0.15, 0.2) is 6.07 Å². The average molecular weight is 359 g/mol. The normalized spacial score (nSPS) is 16.3. The SMILES string of the molecule is N=c1cc(N2CCCCC2)nc(N)n1O.O=C(O)[C@H](O)[C@@H](O)C(=O)O. The van der Waals surface area contributed by atoms with Crippen LogP contribution in [0.3, 0.4) is 0 Å². The van der Waals surface area contributed by atoms with Crippen LogP contribution in [0.4, 0.5) is 11.8 Å². The maximum absolute atomic E-state index is 9.77. The molecular formula is C13H21N5O7. The molecule has 2 atom stereocenters. The molecule has 1 aliphatic heterocycles. The second-order valence-corrected chi connectivity index (χ2v) is 5.28. The van der Waals surface area contributed by atoms with Crippen molar-refractivity contribution in [2.75, 3.05) is 23.7 Å². The number of anilines is 2. The van der Waals surface area contributed by atoms with E-state index in [-0.39, 0.29) is 11.4 Å². The van der Waals surface area contributed by atoms with Crippen molar-refractivity contribution >= 4 is 23.7 Å². The van der Waals surface area contributed by atoms with Gasteiger partial charge in [-0.1, -0.05) is 0 Å². The van der Waals surface area contributed by atoms with Gasteiger partial charge in [-0.15, -0.1) is 4.73 Å². The minimum absolute atomic E-state index is 0.0388. The molecule has 140 valence electrons. The lowest BCUT2D eigenvalue weighted by Crippen LogP contribution is -2.39. The second-order valence-electron chi connectivity index (χ2n) is 5.28. The summed E-state index contributed by atoms with van der Waals surface area (Å²) in [7, 11) is 0. The van der Waals surface area contributed by atoms with Gasteiger partial charge in [0.05, 0.1) is 0 Å². The highest BCUT2D eigenvalue weighted by Crippen LogP contribution is 2.16. The van der Waals surface area contributed by atoms with Crippen LogP contribution in [0.1, 0.15) is 19.3 Å². The van der Waals surface area contributed by atoms with Crippen LogP contribution in [0.2, 0.25) is 0 Å². The van der Waals surface area contributed by atoms with Crippen LogP contribution in [0.25, 0.3) is 0 Å². The number of hydrogen-bond acceptors (Lipinski definition) is 9. The first-order valence-corrected chi connectivity index (χ1v) is 7.35. The van der Waals surface area contributed by atoms with Crippen LogP contribution >= 0.6 is 0 Å². The molecule has 8 N–H and O–H groups in total. The Morgan fingerprint density at radius 3 is 2.00 bits per heavy atom. The van der Waals surface area contributed by atoms with Crippen LogP contribution < -0.4 is 16.1 Å². The topological polar surface area (TPSA) is 206 Å². The maximum Gasteiger partial charge on any atom is 0.335 e. The van der Waals surface area contributed by atoms with Gasteiger partial charge in [0, 0.05) is 19.2 Å². The van der Waals surface area contributed by atoms with Crippen molar-refractivity contribution in [1.82, 2.24) is 9.71 Å². The fourth-order valence-corrected chi connectivity index (χ4v) is 2.06. The van der Waals surface area contributed by atoms with E-state index in [1.165, 1.54) is 12.5 Å². The highest BCUT2D eigenvalue weighted by Gasteiger charge is 2.29. The van der Waals surface area contributed by atoms with Gasteiger partial charge < -0.3 is 36.3 Å². The maximum atomic E-state index is 9.77. The molecule has 0 aromatic carbocycles. The largest absolute Gasteiger partial charge is 0.479 e. The Bertz CT molecular complexity index is 653. The monoisotopic (exact) mass is 359 g/mol. The number of carboxylic acid groups (broad SMARTS) is 2. The Morgan fingerprint density at radius 2 is 1.60 bits per heavy atom. The van der Waals surface area contributed by atoms with Gasteiger partial charge in [0.2, 0.25) is 5.95 Å². The first-order chi connectivity index (χ1) is 11.6. The molecule has 0 amide bonds. The minimum Gasteiger partial charge on any atom is -0.479 e. The van der Waals surface area contributed by atoms with E-state index in [2.05, 4.69) is 9.88 Å². The highest BCUT2D eigenvalue weighted by atomic mass is 16.5. The van der Waals surface area contributed by atoms with E-state index in [1.807, 2.05) is 0 Å². The molecule has 1 aromatic rings. The number of aliphatic hydroxyl groups is 2. The lowest BCUT2D eigenvalue weighted by Gasteiger charge is -2.27. The third kappa shape index (κ3) is 5.61. The summed E-state index contributed by atoms with van der Waals surface area (Å²) in [6.45, 7) is 1.89. The molecule has 2 heterocycles. The summed E-state index contributed by atoms with van der Waals surface area (Å²) in [5.41, 5.74) is 5.44. The van der Waals surface area contributed by atoms with Crippen molar-refractivity contribution in [2.45, 2.75) is 31.5 Å². The van der Waals surface area contributed by atoms with Crippen LogP contribution in [-0.2, 0) is 9.59 Å². The molecule has 0 bridgehead atoms. The number of aromatic nitrogens is 2. The number of aliphatic carboxylic acids is 2. The number of carbonyl (C=O) groups is 2. The quantitative estimate of drug-likeness (QED) is 0.296. The zero-order chi connectivity index (χ0) is 19.1. The summed E-state index contributed by atoms with van der Waals surface area (Å²) in [5, 5.41) is 49.3. The minimum atomic E-state index is -2.27. The number of nitrogens with zero attached hydrogens (tertiary/aromatic N) is 3. The molecule has 12 nitrogen and oxygen atoms in total. The lowest BCUT2D eigenvalue weighted by atomic mass is 10.1. The van der Waals surface area contributed by atoms with Gasteiger partial charge >= 0.3 is 11.9 Å². The van der Waals surface area contributed by atoms with Crippen molar-refractivity contribution < 1.29 is 35.2 Å². The Morgan fingerprint density at radius 1 is 1.12 bits per heavy atom. The van der Waals surface area contributed by atoms with E-state index in [4.69, 9.17) is 31.6 Å². The third-order valence-electron chi connectivity index (χ3n) is 3.43. The smallest absolute Gasteiger partial charge is 0.335 e. The van der Waals surface area contributed by atoms with Crippen molar-refractivity contribution in [3.05, 3.63) is 11.6 Å². The average Bonchev–Trinajstić information content (AvgIpc) is 2.59. The Balaban J connectivity index is 0.000000275. The van der Waals surface area contributed by atoms with E-state index in [9.17, 15) is 14.8 Å². The van der Waals surface area contributed by atoms with Crippen LogP contribution in [-0.4, -0.2) is 72.6 Å². The van der Waals surface area contributed by atoms with Crippen molar-refractivity contribution in [1.29, 1.82) is 5.41 Å². The number of nitrogen functional groups attached to an aromatic ring is 1. The van der Waals surface area contributed by atoms with Gasteiger partial charge in [0.15, 0.2) is 17.7 Å². The summed E-state index contributed by atoms with van der Waals surface area (Å²) in [6, 6.07) is 1.53. The van der Waals surface area contributed by atoms with Gasteiger partial charge in [0.25, 0.3) is 0 Å². The second kappa shape index (κ2) is 8.84. The van der Waals surface area contributed by atoms with Gasteiger partial charge in [-0.2, -0.15) is 4.98 Å². The standard InChI is InChI=1S/C9H15N5O.C4H6O6/c10-7-6-8(12-9(11)14(7)15)13-4-2-1-3-5-13;5-1(3(7)8)2(6)4(9)10/h6,10,15H,1-5H2,(H2,11,12);1-2,5-6H,(H,7,8)(H,9,10)/t;1-,2-/m.1/s1. The van der Waals surface area contributed by atoms with Crippen molar-refractivity contribution in [3.63, 3.8) is 0 Å². The van der Waals surface area contributed by atoms with Crippen LogP contribution in [0, 0.1) is 5.41 Å². The predicted molar refractivity (Wildman–Crippen MR) is 83.0 cm³/mol. The molecule has 0 aliphatic carbocycles. The summed E-state index contributed by atoms with van der Waals surface area (Å²) in [5.74, 6) is -2.89. The third-order valence-corrected chi connectivity index (χ3v) is 3.43. The van der Waals surface area contributed by atoms with Crippen LogP contribution in [0.5, 0.6) is 0 Å². The zero-order valence-electron chi connectivity index (χ0n) is 13.2. The van der Waals surface area contributed by atoms with Crippen molar-refractivity contribution in [3.8, 4) is 0 Å². The molecule has 0 spiro atoms. The summed E-state index contributed by atoms with van der Waals surface area (Å²) >= 11 is 0. The molecule has 0 saturated carbocycles. The van der Waals surface area contributed by atoms with Gasteiger partial charge in [-0.25, -0.2) is 9.59 Å². The molecule has 1 aliphatic rings. The molecule has 2 rings (SSSR count). The number of aliphatic hydroxyl groups excluding tert-OH is 2. The number of rotatable bonds is 4. The number of nitrogens with two attached hydrogens (primary N) is 1. The number of carboxylic acids is 2. The molecule has 0 radical (unpaired) electrons. The summed E-state index contributed by atoms with van der Waals surface area (Å²) < 4.78 is 0.577. The van der Waals surface area contributed by atoms with Gasteiger partial charge in [0.1, 0.15) is 5.82 Å². The first-order valence-electron chi connectivity index (χ1n) is 7.35. The van der Waals surface area contributed by atoms with E-state index in [1.54, 1.807) is 0 Å². The molecule has 1 fully saturated rings. The van der Waals surface area contributed by atoms with Gasteiger partial charge in [-0.3, -0.25) is 5.41 Å². The molecule has 25 heavy (non-hydrogen) atoms. The van der Waals surface area contributed by atoms with E-state index < -0.39 is 24.1 Å². The van der Waals surface area contributed by atoms with Gasteiger partial charge in [-0.05, 0) is 19.3 Å². The molecule has 1 saturated heterocycles. The fraction of sp³-hybridized carbons (Fsp3) is 0.538. The molecule has 0 unspecified atom stereocenters. The van der Waals surface area contributed by atoms with E-state index >= 15 is 0 Å². The summed E-state index contributed by atoms with van der Waals surface area (Å²) in [4.78, 5) is 25.7. The Labute approximate surface area is 141 Å². The molecular weight excluding hydrogens is 338 g/mol. The predicted octanol–water partition coefficient (Wildman–Crippen LogP) is -1.95. The Kier molecular flexibility index (Phi) is 7.14. The van der Waals surface area contributed by atoms with E-state index in [0.29, 0.717) is 10.5 Å². The number of hydrogen-bond donors (Lipinski definition) is 7. The zero-order valence-corrected chi connectivity index (χ0v) is 13.2. The molecule has 1 aromatic heterocycles. The van der Waals surface area contributed by atoms with E-state index in [0.717, 1.165) is 25.9 Å². The first kappa shape index (κ1) is 20.2. The lowest BCUT2D eigenvalue weighted by molar-refractivity contribution is -0.165. The molecule has 12 heteroatoms. The summed E-state index contributed by atoms with van der Waals surface area (Å²) in [6.07, 6.45) is -1.01.